The van der Waals surface area contributed by atoms with Crippen molar-refractivity contribution in [3.05, 3.63) is 17.7 Å². The zero-order valence-corrected chi connectivity index (χ0v) is 6.63. The van der Waals surface area contributed by atoms with Gasteiger partial charge in [-0.25, -0.2) is 9.97 Å². The lowest BCUT2D eigenvalue weighted by Crippen LogP contribution is -1.76. The van der Waals surface area contributed by atoms with Gasteiger partial charge in [0.15, 0.2) is 5.75 Å². The number of aromatic hydroxyl groups is 1. The standard InChI is InChI=1S/C4H3ClN2O.C2H6/c5-4-6-1-3(8)2-7-4;1-2/h1-2,8H;1-2H3. The van der Waals surface area contributed by atoms with Gasteiger partial charge in [0, 0.05) is 0 Å². The Morgan fingerprint density at radius 1 is 1.30 bits per heavy atom. The van der Waals surface area contributed by atoms with Crippen molar-refractivity contribution in [3.8, 4) is 5.75 Å². The summed E-state index contributed by atoms with van der Waals surface area (Å²) in [6.45, 7) is 4.00. The van der Waals surface area contributed by atoms with E-state index in [9.17, 15) is 0 Å². The quantitative estimate of drug-likeness (QED) is 0.590. The predicted molar refractivity (Wildman–Crippen MR) is 40.1 cm³/mol. The largest absolute Gasteiger partial charge is 0.505 e. The fraction of sp³-hybridized carbons (Fsp3) is 0.333. The molecule has 0 aliphatic carbocycles. The van der Waals surface area contributed by atoms with Crippen LogP contribution in [-0.4, -0.2) is 15.1 Å². The average Bonchev–Trinajstić information content (AvgIpc) is 2.00. The molecule has 4 heteroatoms. The monoisotopic (exact) mass is 160 g/mol. The van der Waals surface area contributed by atoms with Gasteiger partial charge in [0.2, 0.25) is 5.28 Å². The molecule has 0 amide bonds. The molecule has 0 saturated heterocycles. The van der Waals surface area contributed by atoms with Crippen molar-refractivity contribution in [1.82, 2.24) is 9.97 Å². The highest BCUT2D eigenvalue weighted by atomic mass is 35.5. The van der Waals surface area contributed by atoms with Crippen molar-refractivity contribution in [2.24, 2.45) is 0 Å². The third kappa shape index (κ3) is 3.25. The van der Waals surface area contributed by atoms with Gasteiger partial charge in [-0.15, -0.1) is 0 Å². The van der Waals surface area contributed by atoms with Crippen LogP contribution in [0.15, 0.2) is 12.4 Å². The maximum Gasteiger partial charge on any atom is 0.222 e. The Morgan fingerprint density at radius 2 is 1.70 bits per heavy atom. The van der Waals surface area contributed by atoms with Gasteiger partial charge in [-0.1, -0.05) is 13.8 Å². The van der Waals surface area contributed by atoms with Crippen molar-refractivity contribution in [3.63, 3.8) is 0 Å². The van der Waals surface area contributed by atoms with Crippen LogP contribution in [0.1, 0.15) is 13.8 Å². The molecule has 0 spiro atoms. The first-order chi connectivity index (χ1) is 4.79. The van der Waals surface area contributed by atoms with Gasteiger partial charge in [0.1, 0.15) is 0 Å². The number of nitrogens with zero attached hydrogens (tertiary/aromatic N) is 2. The van der Waals surface area contributed by atoms with E-state index in [4.69, 9.17) is 16.7 Å². The molecule has 1 aromatic rings. The van der Waals surface area contributed by atoms with Crippen LogP contribution in [0.25, 0.3) is 0 Å². The Labute approximate surface area is 64.7 Å². The first-order valence-corrected chi connectivity index (χ1v) is 3.33. The van der Waals surface area contributed by atoms with Crippen LogP contribution < -0.4 is 0 Å². The molecule has 0 saturated carbocycles. The number of hydrogen-bond donors (Lipinski definition) is 1. The van der Waals surface area contributed by atoms with E-state index >= 15 is 0 Å². The number of hydrogen-bond acceptors (Lipinski definition) is 3. The molecule has 0 aliphatic rings. The molecule has 1 aromatic heterocycles. The maximum absolute atomic E-state index is 8.57. The fourth-order valence-corrected chi connectivity index (χ4v) is 0.403. The van der Waals surface area contributed by atoms with Crippen LogP contribution >= 0.6 is 11.6 Å². The molecular formula is C6H9ClN2O. The topological polar surface area (TPSA) is 46.0 Å². The predicted octanol–water partition coefficient (Wildman–Crippen LogP) is 1.86. The van der Waals surface area contributed by atoms with E-state index in [1.165, 1.54) is 12.4 Å². The minimum atomic E-state index is 0.0226. The van der Waals surface area contributed by atoms with E-state index in [0.717, 1.165) is 0 Å². The summed E-state index contributed by atoms with van der Waals surface area (Å²) in [5.74, 6) is 0.0226. The highest BCUT2D eigenvalue weighted by Gasteiger charge is 1.87. The molecule has 1 N–H and O–H groups in total. The van der Waals surface area contributed by atoms with Crippen LogP contribution in [0.3, 0.4) is 0 Å². The van der Waals surface area contributed by atoms with E-state index < -0.39 is 0 Å². The van der Waals surface area contributed by atoms with Crippen molar-refractivity contribution in [1.29, 1.82) is 0 Å². The molecule has 0 aromatic carbocycles. The molecule has 1 heterocycles. The van der Waals surface area contributed by atoms with Gasteiger partial charge in [-0.3, -0.25) is 0 Å². The Kier molecular flexibility index (Phi) is 4.58. The van der Waals surface area contributed by atoms with Gasteiger partial charge >= 0.3 is 0 Å². The van der Waals surface area contributed by atoms with Crippen molar-refractivity contribution < 1.29 is 5.11 Å². The molecule has 1 rings (SSSR count). The van der Waals surface area contributed by atoms with Gasteiger partial charge in [0.05, 0.1) is 12.4 Å². The molecule has 0 atom stereocenters. The van der Waals surface area contributed by atoms with E-state index in [1.54, 1.807) is 0 Å². The highest BCUT2D eigenvalue weighted by Crippen LogP contribution is 2.04. The zero-order chi connectivity index (χ0) is 7.98. The van der Waals surface area contributed by atoms with Crippen molar-refractivity contribution >= 4 is 11.6 Å². The summed E-state index contributed by atoms with van der Waals surface area (Å²) in [5.41, 5.74) is 0. The van der Waals surface area contributed by atoms with Crippen LogP contribution in [-0.2, 0) is 0 Å². The lowest BCUT2D eigenvalue weighted by molar-refractivity contribution is 0.469. The molecule has 3 nitrogen and oxygen atoms in total. The van der Waals surface area contributed by atoms with Crippen molar-refractivity contribution in [2.45, 2.75) is 13.8 Å². The first-order valence-electron chi connectivity index (χ1n) is 2.95. The molecule has 0 bridgehead atoms. The molecule has 56 valence electrons. The van der Waals surface area contributed by atoms with Gasteiger partial charge in [-0.05, 0) is 11.6 Å². The minimum Gasteiger partial charge on any atom is -0.505 e. The molecule has 0 unspecified atom stereocenters. The highest BCUT2D eigenvalue weighted by molar-refractivity contribution is 6.28. The lowest BCUT2D eigenvalue weighted by Gasteiger charge is -1.85. The molecule has 0 radical (unpaired) electrons. The lowest BCUT2D eigenvalue weighted by atomic mass is 10.6. The summed E-state index contributed by atoms with van der Waals surface area (Å²) < 4.78 is 0. The van der Waals surface area contributed by atoms with Crippen LogP contribution in [0.5, 0.6) is 5.75 Å². The SMILES string of the molecule is CC.Oc1cnc(Cl)nc1. The average molecular weight is 161 g/mol. The molecule has 10 heavy (non-hydrogen) atoms. The normalized spacial score (nSPS) is 7.90. The van der Waals surface area contributed by atoms with E-state index in [-0.39, 0.29) is 11.0 Å². The second-order valence-corrected chi connectivity index (χ2v) is 1.55. The van der Waals surface area contributed by atoms with Crippen LogP contribution in [0, 0.1) is 0 Å². The van der Waals surface area contributed by atoms with Crippen LogP contribution in [0.2, 0.25) is 5.28 Å². The van der Waals surface area contributed by atoms with Gasteiger partial charge in [-0.2, -0.15) is 0 Å². The molecular weight excluding hydrogens is 152 g/mol. The Hall–Kier alpha value is -0.830. The smallest absolute Gasteiger partial charge is 0.222 e. The Bertz CT molecular complexity index is 155. The zero-order valence-electron chi connectivity index (χ0n) is 5.87. The van der Waals surface area contributed by atoms with Gasteiger partial charge in [0.25, 0.3) is 0 Å². The van der Waals surface area contributed by atoms with E-state index in [2.05, 4.69) is 9.97 Å². The summed E-state index contributed by atoms with van der Waals surface area (Å²) in [6.07, 6.45) is 2.46. The third-order valence-electron chi connectivity index (χ3n) is 0.607. The Morgan fingerprint density at radius 3 is 2.00 bits per heavy atom. The summed E-state index contributed by atoms with van der Waals surface area (Å²) in [7, 11) is 0. The Balaban J connectivity index is 0.000000371. The fourth-order valence-electron chi connectivity index (χ4n) is 0.305. The third-order valence-corrected chi connectivity index (χ3v) is 0.802. The maximum atomic E-state index is 8.57. The van der Waals surface area contributed by atoms with E-state index in [1.807, 2.05) is 13.8 Å². The van der Waals surface area contributed by atoms with Crippen molar-refractivity contribution in [2.75, 3.05) is 0 Å². The van der Waals surface area contributed by atoms with E-state index in [0.29, 0.717) is 0 Å². The first kappa shape index (κ1) is 9.17. The summed E-state index contributed by atoms with van der Waals surface area (Å²) in [6, 6.07) is 0. The molecule has 0 aliphatic heterocycles. The number of aromatic nitrogens is 2. The summed E-state index contributed by atoms with van der Waals surface area (Å²) in [5, 5.41) is 8.71. The summed E-state index contributed by atoms with van der Waals surface area (Å²) >= 11 is 5.28. The number of rotatable bonds is 0. The number of halogens is 1. The minimum absolute atomic E-state index is 0.0226. The van der Waals surface area contributed by atoms with Gasteiger partial charge < -0.3 is 5.11 Å². The second-order valence-electron chi connectivity index (χ2n) is 1.21. The van der Waals surface area contributed by atoms with Crippen LogP contribution in [0.4, 0.5) is 0 Å². The summed E-state index contributed by atoms with van der Waals surface area (Å²) in [4.78, 5) is 6.97. The molecule has 0 fully saturated rings. The second kappa shape index (κ2) is 4.99.